The van der Waals surface area contributed by atoms with Crippen molar-refractivity contribution in [3.05, 3.63) is 89.7 Å². The first kappa shape index (κ1) is 17.3. The summed E-state index contributed by atoms with van der Waals surface area (Å²) < 4.78 is 0. The number of hydrogen-bond acceptors (Lipinski definition) is 3. The van der Waals surface area contributed by atoms with Gasteiger partial charge in [-0.05, 0) is 43.0 Å². The minimum absolute atomic E-state index is 0.0829. The molecule has 0 saturated carbocycles. The van der Waals surface area contributed by atoms with Crippen LogP contribution in [-0.4, -0.2) is 23.5 Å². The third-order valence-electron chi connectivity index (χ3n) is 5.01. The topological polar surface area (TPSA) is 45.2 Å². The first-order valence-electron chi connectivity index (χ1n) is 9.36. The minimum Gasteiger partial charge on any atom is -0.352 e. The molecule has 1 atom stereocenters. The molecule has 0 spiro atoms. The number of benzene rings is 2. The number of carbonyl (C=O) groups excluding carboxylic acids is 1. The van der Waals surface area contributed by atoms with Gasteiger partial charge in [-0.15, -0.1) is 0 Å². The Morgan fingerprint density at radius 2 is 1.89 bits per heavy atom. The summed E-state index contributed by atoms with van der Waals surface area (Å²) in [5, 5.41) is 3.00. The summed E-state index contributed by atoms with van der Waals surface area (Å²) in [6, 6.07) is 20.9. The van der Waals surface area contributed by atoms with E-state index in [1.165, 1.54) is 16.8 Å². The maximum absolute atomic E-state index is 12.6. The molecule has 1 aromatic heterocycles. The summed E-state index contributed by atoms with van der Waals surface area (Å²) in [7, 11) is 0. The van der Waals surface area contributed by atoms with Crippen LogP contribution in [0.4, 0.5) is 11.4 Å². The van der Waals surface area contributed by atoms with Gasteiger partial charge in [0.1, 0.15) is 0 Å². The fraction of sp³-hybridized carbons (Fsp3) is 0.217. The number of hydrogen-bond donors (Lipinski definition) is 1. The van der Waals surface area contributed by atoms with Gasteiger partial charge in [-0.1, -0.05) is 48.5 Å². The van der Waals surface area contributed by atoms with Crippen molar-refractivity contribution in [1.82, 2.24) is 10.3 Å². The number of pyridine rings is 1. The number of fused-ring (bicyclic) bond motifs is 1. The Labute approximate surface area is 159 Å². The number of rotatable bonds is 5. The molecule has 0 saturated heterocycles. The molecule has 0 fully saturated rings. The molecular formula is C23H23N3O. The minimum atomic E-state index is -0.0829. The molecule has 0 radical (unpaired) electrons. The third kappa shape index (κ3) is 3.70. The largest absolute Gasteiger partial charge is 0.352 e. The number of para-hydroxylation sites is 1. The Kier molecular flexibility index (Phi) is 4.88. The molecule has 1 amide bonds. The monoisotopic (exact) mass is 357 g/mol. The highest BCUT2D eigenvalue weighted by molar-refractivity contribution is 5.95. The van der Waals surface area contributed by atoms with Crippen LogP contribution in [0, 0.1) is 0 Å². The fourth-order valence-electron chi connectivity index (χ4n) is 3.71. The summed E-state index contributed by atoms with van der Waals surface area (Å²) in [4.78, 5) is 19.1. The van der Waals surface area contributed by atoms with Crippen LogP contribution in [0.3, 0.4) is 0 Å². The molecule has 4 heteroatoms. The van der Waals surface area contributed by atoms with Gasteiger partial charge in [0.2, 0.25) is 0 Å². The summed E-state index contributed by atoms with van der Waals surface area (Å²) in [6.45, 7) is 2.81. The van der Waals surface area contributed by atoms with Crippen molar-refractivity contribution in [2.45, 2.75) is 25.8 Å². The number of anilines is 2. The highest BCUT2D eigenvalue weighted by Crippen LogP contribution is 2.37. The lowest BCUT2D eigenvalue weighted by Crippen LogP contribution is -2.27. The number of amides is 1. The van der Waals surface area contributed by atoms with Crippen molar-refractivity contribution >= 4 is 17.3 Å². The maximum Gasteiger partial charge on any atom is 0.252 e. The van der Waals surface area contributed by atoms with Gasteiger partial charge in [0, 0.05) is 24.5 Å². The molecule has 4 nitrogen and oxygen atoms in total. The summed E-state index contributed by atoms with van der Waals surface area (Å²) in [6.07, 6.45) is 5.28. The van der Waals surface area contributed by atoms with Crippen molar-refractivity contribution in [3.8, 4) is 0 Å². The van der Waals surface area contributed by atoms with E-state index in [0.29, 0.717) is 18.2 Å². The first-order chi connectivity index (χ1) is 13.2. The van der Waals surface area contributed by atoms with E-state index in [1.807, 2.05) is 30.5 Å². The average molecular weight is 357 g/mol. The third-order valence-corrected chi connectivity index (χ3v) is 5.01. The van der Waals surface area contributed by atoms with Gasteiger partial charge < -0.3 is 10.2 Å². The second-order valence-corrected chi connectivity index (χ2v) is 6.98. The number of nitrogens with one attached hydrogen (secondary N) is 1. The average Bonchev–Trinajstić information content (AvgIpc) is 3.04. The molecule has 0 bridgehead atoms. The van der Waals surface area contributed by atoms with E-state index in [4.69, 9.17) is 0 Å². The van der Waals surface area contributed by atoms with Crippen LogP contribution in [0.1, 0.15) is 28.4 Å². The van der Waals surface area contributed by atoms with E-state index < -0.39 is 0 Å². The van der Waals surface area contributed by atoms with Gasteiger partial charge in [0.15, 0.2) is 0 Å². The van der Waals surface area contributed by atoms with Gasteiger partial charge >= 0.3 is 0 Å². The Bertz CT molecular complexity index is 939. The fourth-order valence-corrected chi connectivity index (χ4v) is 3.71. The van der Waals surface area contributed by atoms with Crippen LogP contribution in [0.5, 0.6) is 0 Å². The van der Waals surface area contributed by atoms with Crippen LogP contribution < -0.4 is 10.2 Å². The van der Waals surface area contributed by atoms with Crippen molar-refractivity contribution in [2.75, 3.05) is 11.4 Å². The molecule has 1 aliphatic rings. The molecule has 136 valence electrons. The number of nitrogens with zero attached hydrogens (tertiary/aromatic N) is 2. The van der Waals surface area contributed by atoms with E-state index in [1.54, 1.807) is 6.20 Å². The van der Waals surface area contributed by atoms with Crippen molar-refractivity contribution in [1.29, 1.82) is 0 Å². The van der Waals surface area contributed by atoms with Crippen molar-refractivity contribution < 1.29 is 4.79 Å². The zero-order chi connectivity index (χ0) is 18.6. The zero-order valence-electron chi connectivity index (χ0n) is 15.4. The lowest BCUT2D eigenvalue weighted by Gasteiger charge is -2.25. The summed E-state index contributed by atoms with van der Waals surface area (Å²) in [5.74, 6) is -0.0829. The lowest BCUT2D eigenvalue weighted by atomic mass is 10.1. The molecule has 4 rings (SSSR count). The van der Waals surface area contributed by atoms with E-state index in [-0.39, 0.29) is 5.91 Å². The van der Waals surface area contributed by atoms with Gasteiger partial charge in [-0.25, -0.2) is 0 Å². The van der Waals surface area contributed by atoms with Gasteiger partial charge in [0.25, 0.3) is 5.91 Å². The molecule has 0 aliphatic carbocycles. The van der Waals surface area contributed by atoms with Crippen molar-refractivity contribution in [2.24, 2.45) is 0 Å². The maximum atomic E-state index is 12.6. The van der Waals surface area contributed by atoms with Crippen LogP contribution in [0.15, 0.2) is 73.1 Å². The van der Waals surface area contributed by atoms with Gasteiger partial charge in [-0.2, -0.15) is 0 Å². The van der Waals surface area contributed by atoms with Crippen LogP contribution in [0.2, 0.25) is 0 Å². The standard InChI is InChI=1S/C23H23N3O/c1-17-13-19-9-5-6-10-22(19)26(17)21-14-20(15-24-16-21)23(27)25-12-11-18-7-3-2-4-8-18/h2-10,14-17H,11-13H2,1H3,(H,25,27). The smallest absolute Gasteiger partial charge is 0.252 e. The molecule has 27 heavy (non-hydrogen) atoms. The highest BCUT2D eigenvalue weighted by atomic mass is 16.1. The Morgan fingerprint density at radius 3 is 2.74 bits per heavy atom. The van der Waals surface area contributed by atoms with E-state index in [0.717, 1.165) is 18.5 Å². The molecule has 1 aliphatic heterocycles. The zero-order valence-corrected chi connectivity index (χ0v) is 15.4. The van der Waals surface area contributed by atoms with Crippen molar-refractivity contribution in [3.63, 3.8) is 0 Å². The second-order valence-electron chi connectivity index (χ2n) is 6.98. The lowest BCUT2D eigenvalue weighted by molar-refractivity contribution is 0.0954. The van der Waals surface area contributed by atoms with E-state index in [2.05, 4.69) is 58.5 Å². The molecule has 1 unspecified atom stereocenters. The highest BCUT2D eigenvalue weighted by Gasteiger charge is 2.27. The Balaban J connectivity index is 1.47. The van der Waals surface area contributed by atoms with Gasteiger partial charge in [0.05, 0.1) is 17.4 Å². The normalized spacial score (nSPS) is 15.4. The quantitative estimate of drug-likeness (QED) is 0.746. The number of carbonyl (C=O) groups is 1. The molecule has 3 aromatic rings. The Hall–Kier alpha value is -3.14. The molecule has 1 N–H and O–H groups in total. The van der Waals surface area contributed by atoms with Crippen LogP contribution in [0.25, 0.3) is 0 Å². The second kappa shape index (κ2) is 7.62. The molecule has 2 heterocycles. The molecular weight excluding hydrogens is 334 g/mol. The number of aromatic nitrogens is 1. The predicted molar refractivity (Wildman–Crippen MR) is 108 cm³/mol. The van der Waals surface area contributed by atoms with Gasteiger partial charge in [-0.3, -0.25) is 9.78 Å². The summed E-state index contributed by atoms with van der Waals surface area (Å²) >= 11 is 0. The van der Waals surface area contributed by atoms with E-state index in [9.17, 15) is 4.79 Å². The SMILES string of the molecule is CC1Cc2ccccc2N1c1cncc(C(=O)NCCc2ccccc2)c1. The van der Waals surface area contributed by atoms with Crippen LogP contribution >= 0.6 is 0 Å². The van der Waals surface area contributed by atoms with Crippen LogP contribution in [-0.2, 0) is 12.8 Å². The molecule has 2 aromatic carbocycles. The Morgan fingerprint density at radius 1 is 1.11 bits per heavy atom. The predicted octanol–water partition coefficient (Wildman–Crippen LogP) is 4.14. The summed E-state index contributed by atoms with van der Waals surface area (Å²) in [5.41, 5.74) is 5.31. The first-order valence-corrected chi connectivity index (χ1v) is 9.36. The van der Waals surface area contributed by atoms with E-state index >= 15 is 0 Å².